The van der Waals surface area contributed by atoms with E-state index in [1.807, 2.05) is 43.3 Å². The number of rotatable bonds is 8. The number of carbonyl (C=O) groups excluding carboxylic acids is 2. The first-order valence-electron chi connectivity index (χ1n) is 12.0. The summed E-state index contributed by atoms with van der Waals surface area (Å²) in [5, 5.41) is 6.61. The molecule has 0 unspecified atom stereocenters. The smallest absolute Gasteiger partial charge is 0.359 e. The van der Waals surface area contributed by atoms with Gasteiger partial charge < -0.3 is 9.64 Å². The van der Waals surface area contributed by atoms with Crippen molar-refractivity contribution in [1.82, 2.24) is 10.3 Å². The minimum atomic E-state index is -0.565. The summed E-state index contributed by atoms with van der Waals surface area (Å²) in [6.07, 6.45) is 1.68. The summed E-state index contributed by atoms with van der Waals surface area (Å²) >= 11 is 0. The Morgan fingerprint density at radius 1 is 1.06 bits per heavy atom. The summed E-state index contributed by atoms with van der Waals surface area (Å²) in [7, 11) is 3.89. The molecule has 182 valence electrons. The molecule has 7 heteroatoms. The van der Waals surface area contributed by atoms with Crippen LogP contribution in [0.2, 0.25) is 0 Å². The van der Waals surface area contributed by atoms with Crippen molar-refractivity contribution in [3.05, 3.63) is 77.9 Å². The maximum absolute atomic E-state index is 13.2. The lowest BCUT2D eigenvalue weighted by molar-refractivity contribution is -0.134. The second kappa shape index (κ2) is 11.1. The average Bonchev–Trinajstić information content (AvgIpc) is 3.33. The van der Waals surface area contributed by atoms with Gasteiger partial charge in [-0.25, -0.2) is 10.2 Å². The highest BCUT2D eigenvalue weighted by Gasteiger charge is 2.31. The molecule has 0 aliphatic carbocycles. The van der Waals surface area contributed by atoms with Gasteiger partial charge in [-0.05, 0) is 54.8 Å². The topological polar surface area (TPSA) is 74.2 Å². The fourth-order valence-electron chi connectivity index (χ4n) is 4.49. The monoisotopic (exact) mass is 472 g/mol. The van der Waals surface area contributed by atoms with E-state index in [0.29, 0.717) is 12.1 Å². The van der Waals surface area contributed by atoms with Crippen molar-refractivity contribution in [2.45, 2.75) is 32.4 Å². The van der Waals surface area contributed by atoms with Crippen molar-refractivity contribution in [3.63, 3.8) is 0 Å². The number of nitrogens with one attached hydrogen (secondary N) is 1. The highest BCUT2D eigenvalue weighted by atomic mass is 16.5. The van der Waals surface area contributed by atoms with E-state index in [0.717, 1.165) is 25.1 Å². The second-order valence-corrected chi connectivity index (χ2v) is 8.87. The predicted molar refractivity (Wildman–Crippen MR) is 139 cm³/mol. The van der Waals surface area contributed by atoms with Gasteiger partial charge in [0.1, 0.15) is 0 Å². The Hall–Kier alpha value is -3.71. The third-order valence-electron chi connectivity index (χ3n) is 6.32. The maximum Gasteiger partial charge on any atom is 0.359 e. The van der Waals surface area contributed by atoms with Gasteiger partial charge in [0.25, 0.3) is 5.91 Å². The Morgan fingerprint density at radius 2 is 1.80 bits per heavy atom. The van der Waals surface area contributed by atoms with Crippen molar-refractivity contribution < 1.29 is 14.3 Å². The largest absolute Gasteiger partial charge is 0.461 e. The van der Waals surface area contributed by atoms with Gasteiger partial charge in [-0.15, -0.1) is 0 Å². The summed E-state index contributed by atoms with van der Waals surface area (Å²) in [4.78, 5) is 29.9. The maximum atomic E-state index is 13.2. The lowest BCUT2D eigenvalue weighted by Crippen LogP contribution is -2.41. The molecule has 7 nitrogen and oxygen atoms in total. The normalized spacial score (nSPS) is 16.3. The van der Waals surface area contributed by atoms with Crippen LogP contribution in [0.5, 0.6) is 0 Å². The Balaban J connectivity index is 1.51. The van der Waals surface area contributed by atoms with E-state index >= 15 is 0 Å². The zero-order chi connectivity index (χ0) is 24.8. The Labute approximate surface area is 206 Å². The van der Waals surface area contributed by atoms with Crippen molar-refractivity contribution in [2.24, 2.45) is 5.10 Å². The molecule has 1 saturated heterocycles. The van der Waals surface area contributed by atoms with E-state index in [1.165, 1.54) is 16.3 Å². The molecular weight excluding hydrogens is 440 g/mol. The molecule has 1 fully saturated rings. The van der Waals surface area contributed by atoms with Gasteiger partial charge in [0.05, 0.1) is 12.6 Å². The number of esters is 1. The molecule has 0 bridgehead atoms. The number of amides is 1. The summed E-state index contributed by atoms with van der Waals surface area (Å²) in [6, 6.07) is 21.7. The minimum absolute atomic E-state index is 0.0871. The van der Waals surface area contributed by atoms with E-state index in [9.17, 15) is 9.59 Å². The minimum Gasteiger partial charge on any atom is -0.461 e. The number of likely N-dealkylation sites (tertiary alicyclic amines) is 1. The molecule has 0 saturated carbocycles. The fraction of sp³-hybridized carbons (Fsp3) is 0.321. The van der Waals surface area contributed by atoms with Gasteiger partial charge in [-0.1, -0.05) is 54.6 Å². The quantitative estimate of drug-likeness (QED) is 0.305. The Bertz CT molecular complexity index is 1220. The Morgan fingerprint density at radius 3 is 2.54 bits per heavy atom. The van der Waals surface area contributed by atoms with Crippen LogP contribution in [0, 0.1) is 0 Å². The molecule has 1 atom stereocenters. The standard InChI is InChI=1S/C28H32N4O3/c1-4-35-28(34)26(21-14-16-23(17-15-21)31(2)3)29-30-27(33)25-13-8-18-32(25)19-22-11-7-10-20-9-5-6-12-24(20)22/h5-7,9-12,14-17,25H,4,8,13,18-19H2,1-3H3,(H,30,33)/b29-26-/t25-/m0/s1. The van der Waals surface area contributed by atoms with Crippen molar-refractivity contribution in [3.8, 4) is 0 Å². The van der Waals surface area contributed by atoms with Crippen LogP contribution in [-0.4, -0.2) is 55.8 Å². The molecule has 0 aromatic heterocycles. The second-order valence-electron chi connectivity index (χ2n) is 8.87. The Kier molecular flexibility index (Phi) is 7.77. The fourth-order valence-corrected chi connectivity index (χ4v) is 4.49. The van der Waals surface area contributed by atoms with E-state index < -0.39 is 5.97 Å². The zero-order valence-electron chi connectivity index (χ0n) is 20.5. The van der Waals surface area contributed by atoms with Crippen LogP contribution in [0.25, 0.3) is 10.8 Å². The summed E-state index contributed by atoms with van der Waals surface area (Å²) in [5.41, 5.74) is 5.52. The van der Waals surface area contributed by atoms with Crippen LogP contribution < -0.4 is 10.3 Å². The number of hydrogen-bond donors (Lipinski definition) is 1. The average molecular weight is 473 g/mol. The first-order valence-corrected chi connectivity index (χ1v) is 12.0. The predicted octanol–water partition coefficient (Wildman–Crippen LogP) is 3.95. The molecular formula is C28H32N4O3. The van der Waals surface area contributed by atoms with Crippen LogP contribution in [0.4, 0.5) is 5.69 Å². The summed E-state index contributed by atoms with van der Waals surface area (Å²) in [5.74, 6) is -0.779. The third kappa shape index (κ3) is 5.69. The number of hydrazone groups is 1. The summed E-state index contributed by atoms with van der Waals surface area (Å²) < 4.78 is 5.19. The number of anilines is 1. The number of carbonyl (C=O) groups is 2. The molecule has 4 rings (SSSR count). The van der Waals surface area contributed by atoms with E-state index in [1.54, 1.807) is 19.1 Å². The molecule has 35 heavy (non-hydrogen) atoms. The van der Waals surface area contributed by atoms with Crippen molar-refractivity contribution >= 4 is 34.0 Å². The van der Waals surface area contributed by atoms with Gasteiger partial charge >= 0.3 is 5.97 Å². The third-order valence-corrected chi connectivity index (χ3v) is 6.32. The SMILES string of the molecule is CCOC(=O)/C(=N\NC(=O)[C@@H]1CCCN1Cc1cccc2ccccc12)c1ccc(N(C)C)cc1. The molecule has 3 aromatic carbocycles. The first kappa shape index (κ1) is 24.4. The van der Waals surface area contributed by atoms with Gasteiger partial charge in [0.15, 0.2) is 5.71 Å². The van der Waals surface area contributed by atoms with Gasteiger partial charge in [0.2, 0.25) is 0 Å². The van der Waals surface area contributed by atoms with E-state index in [4.69, 9.17) is 4.74 Å². The van der Waals surface area contributed by atoms with Gasteiger partial charge in [0, 0.05) is 31.9 Å². The van der Waals surface area contributed by atoms with Crippen LogP contribution in [0.3, 0.4) is 0 Å². The van der Waals surface area contributed by atoms with Gasteiger partial charge in [-0.3, -0.25) is 9.69 Å². The lowest BCUT2D eigenvalue weighted by Gasteiger charge is -2.23. The molecule has 1 aliphatic rings. The highest BCUT2D eigenvalue weighted by molar-refractivity contribution is 6.43. The van der Waals surface area contributed by atoms with Crippen LogP contribution in [0.15, 0.2) is 71.8 Å². The lowest BCUT2D eigenvalue weighted by atomic mass is 10.0. The first-order chi connectivity index (χ1) is 17.0. The van der Waals surface area contributed by atoms with Gasteiger partial charge in [-0.2, -0.15) is 5.10 Å². The zero-order valence-corrected chi connectivity index (χ0v) is 20.5. The number of nitrogens with zero attached hydrogens (tertiary/aromatic N) is 3. The molecule has 1 amide bonds. The molecule has 0 spiro atoms. The highest BCUT2D eigenvalue weighted by Crippen LogP contribution is 2.25. The number of ether oxygens (including phenoxy) is 1. The number of benzene rings is 3. The number of hydrogen-bond acceptors (Lipinski definition) is 6. The van der Waals surface area contributed by atoms with Crippen LogP contribution >= 0.6 is 0 Å². The molecule has 0 radical (unpaired) electrons. The molecule has 1 N–H and O–H groups in total. The molecule has 1 aliphatic heterocycles. The molecule has 1 heterocycles. The number of fused-ring (bicyclic) bond motifs is 1. The molecule has 3 aromatic rings. The van der Waals surface area contributed by atoms with E-state index in [-0.39, 0.29) is 24.3 Å². The van der Waals surface area contributed by atoms with E-state index in [2.05, 4.69) is 45.8 Å². The van der Waals surface area contributed by atoms with Crippen molar-refractivity contribution in [1.29, 1.82) is 0 Å². The summed E-state index contributed by atoms with van der Waals surface area (Å²) in [6.45, 7) is 3.48. The van der Waals surface area contributed by atoms with Crippen molar-refractivity contribution in [2.75, 3.05) is 32.1 Å². The van der Waals surface area contributed by atoms with Crippen LogP contribution in [-0.2, 0) is 20.9 Å². The van der Waals surface area contributed by atoms with Crippen LogP contribution in [0.1, 0.15) is 30.9 Å².